The smallest absolute Gasteiger partial charge is 0.324 e. The highest BCUT2D eigenvalue weighted by Gasteiger charge is 2.35. The Morgan fingerprint density at radius 3 is 2.85 bits per heavy atom. The molecule has 2 unspecified atom stereocenters. The average Bonchev–Trinajstić information content (AvgIpc) is 3.06. The number of rotatable bonds is 2. The predicted molar refractivity (Wildman–Crippen MR) is 78.6 cm³/mol. The number of nitrogens with zero attached hydrogens (tertiary/aromatic N) is 2. The average molecular weight is 318 g/mol. The van der Waals surface area contributed by atoms with E-state index in [0.29, 0.717) is 16.7 Å². The van der Waals surface area contributed by atoms with Crippen LogP contribution in [0, 0.1) is 22.0 Å². The Balaban J connectivity index is 0.00000147. The van der Waals surface area contributed by atoms with Gasteiger partial charge in [-0.2, -0.15) is 0 Å². The molecule has 8 heteroatoms. The topological polar surface area (TPSA) is 75.5 Å². The Bertz CT molecular complexity index is 522. The molecule has 0 radical (unpaired) electrons. The van der Waals surface area contributed by atoms with Crippen LogP contribution in [0.4, 0.5) is 5.00 Å². The van der Waals surface area contributed by atoms with Crippen LogP contribution in [-0.2, 0) is 0 Å². The van der Waals surface area contributed by atoms with Crippen LogP contribution in [0.15, 0.2) is 12.1 Å². The van der Waals surface area contributed by atoms with Crippen LogP contribution in [-0.4, -0.2) is 41.9 Å². The van der Waals surface area contributed by atoms with Gasteiger partial charge in [0.25, 0.3) is 5.91 Å². The van der Waals surface area contributed by atoms with Gasteiger partial charge in [0, 0.05) is 19.2 Å². The summed E-state index contributed by atoms with van der Waals surface area (Å²) in [5, 5.41) is 14.0. The lowest BCUT2D eigenvalue weighted by Gasteiger charge is -2.34. The fourth-order valence-electron chi connectivity index (χ4n) is 2.92. The molecule has 110 valence electrons. The van der Waals surface area contributed by atoms with Gasteiger partial charge in [-0.15, -0.1) is 12.4 Å². The molecule has 20 heavy (non-hydrogen) atoms. The van der Waals surface area contributed by atoms with E-state index in [1.807, 2.05) is 4.90 Å². The van der Waals surface area contributed by atoms with Crippen LogP contribution in [0.2, 0.25) is 0 Å². The number of halogens is 1. The second-order valence-electron chi connectivity index (χ2n) is 5.11. The molecular formula is C12H16ClN3O3S. The molecule has 2 aliphatic rings. The van der Waals surface area contributed by atoms with Crippen LogP contribution in [0.3, 0.4) is 0 Å². The van der Waals surface area contributed by atoms with Crippen LogP contribution in [0.1, 0.15) is 16.1 Å². The Morgan fingerprint density at radius 1 is 1.40 bits per heavy atom. The molecule has 0 aliphatic carbocycles. The van der Waals surface area contributed by atoms with E-state index in [2.05, 4.69) is 5.32 Å². The van der Waals surface area contributed by atoms with Gasteiger partial charge in [0.2, 0.25) is 0 Å². The number of thiophene rings is 1. The Morgan fingerprint density at radius 2 is 2.15 bits per heavy atom. The Labute approximate surface area is 126 Å². The van der Waals surface area contributed by atoms with Crippen molar-refractivity contribution in [2.24, 2.45) is 11.8 Å². The molecule has 6 nitrogen and oxygen atoms in total. The first kappa shape index (κ1) is 15.2. The number of hydrogen-bond donors (Lipinski definition) is 1. The van der Waals surface area contributed by atoms with Gasteiger partial charge < -0.3 is 10.2 Å². The highest BCUT2D eigenvalue weighted by molar-refractivity contribution is 7.17. The van der Waals surface area contributed by atoms with Gasteiger partial charge in [0.15, 0.2) is 0 Å². The molecule has 1 aromatic heterocycles. The van der Waals surface area contributed by atoms with Crippen molar-refractivity contribution in [2.45, 2.75) is 6.42 Å². The molecular weight excluding hydrogens is 302 g/mol. The van der Waals surface area contributed by atoms with E-state index in [0.717, 1.165) is 43.9 Å². The Kier molecular flexibility index (Phi) is 4.62. The highest BCUT2D eigenvalue weighted by Crippen LogP contribution is 2.30. The quantitative estimate of drug-likeness (QED) is 0.666. The first-order valence-electron chi connectivity index (χ1n) is 6.39. The minimum absolute atomic E-state index is 0. The summed E-state index contributed by atoms with van der Waals surface area (Å²) in [5.74, 6) is 1.15. The van der Waals surface area contributed by atoms with E-state index < -0.39 is 4.92 Å². The summed E-state index contributed by atoms with van der Waals surface area (Å²) in [7, 11) is 0. The van der Waals surface area contributed by atoms with Crippen molar-refractivity contribution in [3.63, 3.8) is 0 Å². The van der Waals surface area contributed by atoms with Gasteiger partial charge in [0.05, 0.1) is 9.80 Å². The Hall–Kier alpha value is -1.18. The number of amides is 1. The van der Waals surface area contributed by atoms with E-state index in [4.69, 9.17) is 0 Å². The molecule has 2 fully saturated rings. The minimum Gasteiger partial charge on any atom is -0.338 e. The van der Waals surface area contributed by atoms with Crippen LogP contribution >= 0.6 is 23.7 Å². The summed E-state index contributed by atoms with van der Waals surface area (Å²) in [5.41, 5.74) is 0. The summed E-state index contributed by atoms with van der Waals surface area (Å²) < 4.78 is 0. The van der Waals surface area contributed by atoms with Gasteiger partial charge >= 0.3 is 5.00 Å². The van der Waals surface area contributed by atoms with Crippen LogP contribution in [0.5, 0.6) is 0 Å². The van der Waals surface area contributed by atoms with E-state index >= 15 is 0 Å². The lowest BCUT2D eigenvalue weighted by atomic mass is 9.88. The van der Waals surface area contributed by atoms with Gasteiger partial charge in [0.1, 0.15) is 0 Å². The lowest BCUT2D eigenvalue weighted by Crippen LogP contribution is -2.43. The fourth-order valence-corrected chi connectivity index (χ4v) is 3.70. The van der Waals surface area contributed by atoms with Crippen molar-refractivity contribution in [1.29, 1.82) is 0 Å². The largest absolute Gasteiger partial charge is 0.338 e. The standard InChI is InChI=1S/C12H15N3O3S.ClH/c16-12(10-1-2-11(19-10)15(17)18)14-4-3-8-5-13-6-9(8)7-14;/h1-2,8-9,13H,3-7H2;1H. The molecule has 0 spiro atoms. The zero-order chi connectivity index (χ0) is 13.4. The first-order valence-corrected chi connectivity index (χ1v) is 7.21. The number of nitrogens with one attached hydrogen (secondary N) is 1. The number of hydrogen-bond acceptors (Lipinski definition) is 5. The maximum absolute atomic E-state index is 12.3. The maximum Gasteiger partial charge on any atom is 0.324 e. The zero-order valence-electron chi connectivity index (χ0n) is 10.8. The van der Waals surface area contributed by atoms with Crippen molar-refractivity contribution in [2.75, 3.05) is 26.2 Å². The summed E-state index contributed by atoms with van der Waals surface area (Å²) >= 11 is 0.962. The van der Waals surface area contributed by atoms with Gasteiger partial charge in [-0.25, -0.2) is 0 Å². The summed E-state index contributed by atoms with van der Waals surface area (Å²) in [6, 6.07) is 2.96. The van der Waals surface area contributed by atoms with Crippen molar-refractivity contribution in [1.82, 2.24) is 10.2 Å². The maximum atomic E-state index is 12.3. The fraction of sp³-hybridized carbons (Fsp3) is 0.583. The molecule has 1 N–H and O–H groups in total. The third-order valence-corrected chi connectivity index (χ3v) is 5.00. The van der Waals surface area contributed by atoms with Crippen LogP contribution < -0.4 is 5.32 Å². The molecule has 1 aromatic rings. The number of carbonyl (C=O) groups is 1. The molecule has 3 heterocycles. The highest BCUT2D eigenvalue weighted by atomic mass is 35.5. The zero-order valence-corrected chi connectivity index (χ0v) is 12.4. The molecule has 2 aliphatic heterocycles. The van der Waals surface area contributed by atoms with Gasteiger partial charge in [-0.1, -0.05) is 11.3 Å². The number of likely N-dealkylation sites (tertiary alicyclic amines) is 1. The molecule has 0 bridgehead atoms. The molecule has 0 aromatic carbocycles. The van der Waals surface area contributed by atoms with Crippen molar-refractivity contribution >= 4 is 34.7 Å². The number of fused-ring (bicyclic) bond motifs is 1. The van der Waals surface area contributed by atoms with E-state index in [9.17, 15) is 14.9 Å². The third kappa shape index (κ3) is 2.79. The lowest BCUT2D eigenvalue weighted by molar-refractivity contribution is -0.380. The second kappa shape index (κ2) is 6.07. The van der Waals surface area contributed by atoms with E-state index in [1.165, 1.54) is 6.07 Å². The van der Waals surface area contributed by atoms with Gasteiger partial charge in [-0.05, 0) is 37.4 Å². The van der Waals surface area contributed by atoms with Gasteiger partial charge in [-0.3, -0.25) is 14.9 Å². The monoisotopic (exact) mass is 317 g/mol. The SMILES string of the molecule is Cl.O=C(c1ccc([N+](=O)[O-])s1)N1CCC2CNCC2C1. The number of piperidine rings is 1. The normalized spacial score (nSPS) is 24.9. The third-order valence-electron chi connectivity index (χ3n) is 3.97. The van der Waals surface area contributed by atoms with E-state index in [1.54, 1.807) is 6.07 Å². The number of carbonyl (C=O) groups excluding carboxylic acids is 1. The minimum atomic E-state index is -0.450. The molecule has 2 atom stereocenters. The van der Waals surface area contributed by atoms with Crippen molar-refractivity contribution in [3.05, 3.63) is 27.1 Å². The van der Waals surface area contributed by atoms with Crippen molar-refractivity contribution < 1.29 is 9.72 Å². The van der Waals surface area contributed by atoms with E-state index in [-0.39, 0.29) is 23.3 Å². The second-order valence-corrected chi connectivity index (χ2v) is 6.18. The number of nitro groups is 1. The molecule has 1 amide bonds. The molecule has 3 rings (SSSR count). The summed E-state index contributed by atoms with van der Waals surface area (Å²) in [6.07, 6.45) is 1.02. The predicted octanol–water partition coefficient (Wildman–Crippen LogP) is 1.76. The van der Waals surface area contributed by atoms with Crippen LogP contribution in [0.25, 0.3) is 0 Å². The summed E-state index contributed by atoms with van der Waals surface area (Å²) in [4.78, 5) is 24.8. The first-order chi connectivity index (χ1) is 9.15. The summed E-state index contributed by atoms with van der Waals surface area (Å²) in [6.45, 7) is 3.55. The molecule has 2 saturated heterocycles. The van der Waals surface area contributed by atoms with Crippen molar-refractivity contribution in [3.8, 4) is 0 Å². The molecule has 0 saturated carbocycles.